The fourth-order valence-electron chi connectivity index (χ4n) is 3.16. The van der Waals surface area contributed by atoms with Crippen LogP contribution in [-0.4, -0.2) is 68.0 Å². The molecule has 3 N–H and O–H groups in total. The summed E-state index contributed by atoms with van der Waals surface area (Å²) in [5.41, 5.74) is 1.33. The molecule has 0 saturated carbocycles. The molecule has 3 amide bonds. The predicted molar refractivity (Wildman–Crippen MR) is 139 cm³/mol. The van der Waals surface area contributed by atoms with E-state index in [1.165, 1.54) is 32.4 Å². The van der Waals surface area contributed by atoms with Crippen LogP contribution in [0.2, 0.25) is 0 Å². The molecular formula is C25H33N3O8S. The highest BCUT2D eigenvalue weighted by Crippen LogP contribution is 2.26. The Hall–Kier alpha value is -3.77. The summed E-state index contributed by atoms with van der Waals surface area (Å²) in [4.78, 5) is 23.9. The maximum absolute atomic E-state index is 12.8. The van der Waals surface area contributed by atoms with Crippen molar-refractivity contribution in [1.29, 1.82) is 0 Å². The highest BCUT2D eigenvalue weighted by Gasteiger charge is 2.23. The second-order valence-corrected chi connectivity index (χ2v) is 9.22. The van der Waals surface area contributed by atoms with Gasteiger partial charge in [0.15, 0.2) is 0 Å². The normalized spacial score (nSPS) is 11.1. The molecule has 0 fully saturated rings. The van der Waals surface area contributed by atoms with E-state index in [4.69, 9.17) is 18.9 Å². The number of hydrogen-bond donors (Lipinski definition) is 3. The molecule has 0 aliphatic heterocycles. The van der Waals surface area contributed by atoms with Crippen molar-refractivity contribution in [3.8, 4) is 17.2 Å². The lowest BCUT2D eigenvalue weighted by Gasteiger charge is -2.14. The zero-order valence-corrected chi connectivity index (χ0v) is 22.1. The van der Waals surface area contributed by atoms with Crippen LogP contribution in [0.3, 0.4) is 0 Å². The fourth-order valence-corrected chi connectivity index (χ4v) is 4.28. The van der Waals surface area contributed by atoms with Gasteiger partial charge in [0.05, 0.1) is 20.8 Å². The van der Waals surface area contributed by atoms with E-state index in [0.717, 1.165) is 0 Å². The number of rotatable bonds is 14. The van der Waals surface area contributed by atoms with Crippen LogP contribution in [0.15, 0.2) is 47.4 Å². The van der Waals surface area contributed by atoms with Gasteiger partial charge >= 0.3 is 6.03 Å². The summed E-state index contributed by atoms with van der Waals surface area (Å²) in [6.07, 6.45) is 3.34. The highest BCUT2D eigenvalue weighted by molar-refractivity contribution is 7.90. The van der Waals surface area contributed by atoms with Crippen molar-refractivity contribution in [2.45, 2.75) is 18.2 Å². The van der Waals surface area contributed by atoms with E-state index in [9.17, 15) is 18.0 Å². The van der Waals surface area contributed by atoms with E-state index >= 15 is 0 Å². The molecule has 2 aromatic carbocycles. The Morgan fingerprint density at radius 2 is 1.73 bits per heavy atom. The van der Waals surface area contributed by atoms with Gasteiger partial charge < -0.3 is 29.6 Å². The van der Waals surface area contributed by atoms with Gasteiger partial charge in [-0.05, 0) is 49.2 Å². The SMILES string of the molecule is CCNC(=O)NS(=O)(=O)c1cc(CCNC(=O)C=Cc2ccc(OC)cc2OC)ccc1OCCOC. The lowest BCUT2D eigenvalue weighted by molar-refractivity contribution is -0.116. The molecule has 12 heteroatoms. The molecule has 0 bridgehead atoms. The van der Waals surface area contributed by atoms with Crippen LogP contribution >= 0.6 is 0 Å². The second-order valence-electron chi connectivity index (χ2n) is 7.57. The Morgan fingerprint density at radius 1 is 0.946 bits per heavy atom. The molecule has 0 heterocycles. The van der Waals surface area contributed by atoms with Gasteiger partial charge in [0.25, 0.3) is 10.0 Å². The number of carbonyl (C=O) groups excluding carboxylic acids is 2. The summed E-state index contributed by atoms with van der Waals surface area (Å²) in [6.45, 7) is 2.56. The third kappa shape index (κ3) is 9.32. The van der Waals surface area contributed by atoms with Crippen molar-refractivity contribution in [3.05, 3.63) is 53.6 Å². The van der Waals surface area contributed by atoms with Gasteiger partial charge in [0, 0.05) is 37.9 Å². The van der Waals surface area contributed by atoms with Gasteiger partial charge in [-0.2, -0.15) is 0 Å². The smallest absolute Gasteiger partial charge is 0.328 e. The first-order chi connectivity index (χ1) is 17.7. The average molecular weight is 536 g/mol. The fraction of sp³-hybridized carbons (Fsp3) is 0.360. The highest BCUT2D eigenvalue weighted by atomic mass is 32.2. The molecule has 0 aliphatic rings. The van der Waals surface area contributed by atoms with Gasteiger partial charge in [-0.3, -0.25) is 4.79 Å². The Kier molecular flexibility index (Phi) is 11.7. The van der Waals surface area contributed by atoms with Crippen LogP contribution in [0.5, 0.6) is 17.2 Å². The second kappa shape index (κ2) is 14.7. The van der Waals surface area contributed by atoms with E-state index in [-0.39, 0.29) is 42.9 Å². The predicted octanol–water partition coefficient (Wildman–Crippen LogP) is 2.11. The van der Waals surface area contributed by atoms with Gasteiger partial charge in [-0.1, -0.05) is 6.07 Å². The summed E-state index contributed by atoms with van der Waals surface area (Å²) in [7, 11) is 0.368. The third-order valence-electron chi connectivity index (χ3n) is 4.97. The molecule has 2 aromatic rings. The van der Waals surface area contributed by atoms with Gasteiger partial charge in [-0.25, -0.2) is 17.9 Å². The number of ether oxygens (including phenoxy) is 4. The zero-order chi connectivity index (χ0) is 27.3. The van der Waals surface area contributed by atoms with Crippen LogP contribution in [0, 0.1) is 0 Å². The van der Waals surface area contributed by atoms with E-state index in [1.54, 1.807) is 44.4 Å². The maximum Gasteiger partial charge on any atom is 0.328 e. The Labute approximate surface area is 217 Å². The minimum atomic E-state index is -4.21. The summed E-state index contributed by atoms with van der Waals surface area (Å²) in [5.74, 6) is 0.948. The van der Waals surface area contributed by atoms with Crippen molar-refractivity contribution in [1.82, 2.24) is 15.4 Å². The van der Waals surface area contributed by atoms with E-state index in [0.29, 0.717) is 29.0 Å². The average Bonchev–Trinajstić information content (AvgIpc) is 2.87. The number of hydrogen-bond acceptors (Lipinski definition) is 8. The molecule has 0 spiro atoms. The lowest BCUT2D eigenvalue weighted by Crippen LogP contribution is -2.39. The van der Waals surface area contributed by atoms with Crippen LogP contribution in [-0.2, 0) is 26.0 Å². The van der Waals surface area contributed by atoms with Crippen molar-refractivity contribution in [2.24, 2.45) is 0 Å². The van der Waals surface area contributed by atoms with Crippen molar-refractivity contribution in [2.75, 3.05) is 47.6 Å². The topological polar surface area (TPSA) is 141 Å². The number of sulfonamides is 1. The Morgan fingerprint density at radius 3 is 2.41 bits per heavy atom. The molecule has 2 rings (SSSR count). The summed E-state index contributed by atoms with van der Waals surface area (Å²) in [5, 5.41) is 5.14. The molecule has 0 aromatic heterocycles. The van der Waals surface area contributed by atoms with Crippen LogP contribution in [0.1, 0.15) is 18.1 Å². The largest absolute Gasteiger partial charge is 0.497 e. The molecule has 0 radical (unpaired) electrons. The minimum Gasteiger partial charge on any atom is -0.497 e. The lowest BCUT2D eigenvalue weighted by atomic mass is 10.1. The standard InChI is InChI=1S/C25H33N3O8S/c1-5-26-25(30)28-37(31,32)23-16-18(6-10-21(23)36-15-14-33-2)12-13-27-24(29)11-8-19-7-9-20(34-3)17-22(19)35-4/h6-11,16-17H,5,12-15H2,1-4H3,(H,27,29)(H2,26,28,30). The number of urea groups is 1. The van der Waals surface area contributed by atoms with Crippen LogP contribution < -0.4 is 29.6 Å². The molecule has 0 unspecified atom stereocenters. The Balaban J connectivity index is 2.08. The van der Waals surface area contributed by atoms with Gasteiger partial charge in [0.1, 0.15) is 28.8 Å². The molecule has 0 aliphatic carbocycles. The molecule has 0 saturated heterocycles. The first-order valence-corrected chi connectivity index (χ1v) is 13.0. The Bertz CT molecular complexity index is 1200. The summed E-state index contributed by atoms with van der Waals surface area (Å²) >= 11 is 0. The first kappa shape index (κ1) is 29.5. The van der Waals surface area contributed by atoms with Crippen molar-refractivity contribution < 1.29 is 37.0 Å². The number of methoxy groups -OCH3 is 3. The van der Waals surface area contributed by atoms with Crippen molar-refractivity contribution in [3.63, 3.8) is 0 Å². The minimum absolute atomic E-state index is 0.0815. The van der Waals surface area contributed by atoms with Crippen LogP contribution in [0.4, 0.5) is 4.79 Å². The molecular weight excluding hydrogens is 502 g/mol. The third-order valence-corrected chi connectivity index (χ3v) is 6.33. The van der Waals surface area contributed by atoms with E-state index in [2.05, 4.69) is 10.6 Å². The number of benzene rings is 2. The molecule has 202 valence electrons. The van der Waals surface area contributed by atoms with Crippen molar-refractivity contribution >= 4 is 28.0 Å². The van der Waals surface area contributed by atoms with Crippen LogP contribution in [0.25, 0.3) is 6.08 Å². The first-order valence-electron chi connectivity index (χ1n) is 11.5. The quantitative estimate of drug-likeness (QED) is 0.247. The molecule has 0 atom stereocenters. The van der Waals surface area contributed by atoms with E-state index < -0.39 is 16.1 Å². The van der Waals surface area contributed by atoms with E-state index in [1.807, 2.05) is 4.72 Å². The van der Waals surface area contributed by atoms with Gasteiger partial charge in [-0.15, -0.1) is 0 Å². The summed E-state index contributed by atoms with van der Waals surface area (Å²) in [6, 6.07) is 9.01. The zero-order valence-electron chi connectivity index (χ0n) is 21.3. The van der Waals surface area contributed by atoms with Gasteiger partial charge in [0.2, 0.25) is 5.91 Å². The maximum atomic E-state index is 12.8. The monoisotopic (exact) mass is 535 g/mol. The molecule has 11 nitrogen and oxygen atoms in total. The number of amides is 3. The summed E-state index contributed by atoms with van der Waals surface area (Å²) < 4.78 is 48.6. The number of nitrogens with one attached hydrogen (secondary N) is 3. The molecule has 37 heavy (non-hydrogen) atoms. The number of carbonyl (C=O) groups is 2.